The van der Waals surface area contributed by atoms with Crippen LogP contribution in [0.25, 0.3) is 11.1 Å². The maximum absolute atomic E-state index is 13.0. The number of carboxylic acid groups (broad SMARTS) is 1. The number of carbonyl (C=O) groups is 3. The number of benzene rings is 3. The normalized spacial score (nSPS) is 17.2. The zero-order chi connectivity index (χ0) is 27.9. The maximum atomic E-state index is 13.0. The molecule has 39 heavy (non-hydrogen) atoms. The number of carbonyl (C=O) groups excluding carboxylic acids is 2. The highest BCUT2D eigenvalue weighted by Gasteiger charge is 2.41. The monoisotopic (exact) mass is 554 g/mol. The van der Waals surface area contributed by atoms with Gasteiger partial charge in [0.15, 0.2) is 12.2 Å². The molecular formula is C28H27ClN2O8. The summed E-state index contributed by atoms with van der Waals surface area (Å²) in [7, 11) is 3.13. The maximum Gasteiger partial charge on any atom is 0.326 e. The smallest absolute Gasteiger partial charge is 0.326 e. The van der Waals surface area contributed by atoms with Crippen LogP contribution >= 0.6 is 11.6 Å². The van der Waals surface area contributed by atoms with Gasteiger partial charge in [-0.3, -0.25) is 9.59 Å². The van der Waals surface area contributed by atoms with Crippen molar-refractivity contribution in [3.8, 4) is 22.6 Å². The highest BCUT2D eigenvalue weighted by Crippen LogP contribution is 2.38. The van der Waals surface area contributed by atoms with E-state index in [1.807, 2.05) is 30.3 Å². The molecule has 0 spiro atoms. The number of para-hydroxylation sites is 1. The van der Waals surface area contributed by atoms with Crippen LogP contribution in [0.4, 0.5) is 5.69 Å². The molecule has 1 aliphatic heterocycles. The van der Waals surface area contributed by atoms with Crippen LogP contribution in [0.2, 0.25) is 5.02 Å². The van der Waals surface area contributed by atoms with Crippen LogP contribution in [0.3, 0.4) is 0 Å². The lowest BCUT2D eigenvalue weighted by molar-refractivity contribution is -0.144. The number of carboxylic acids is 1. The Morgan fingerprint density at radius 1 is 0.923 bits per heavy atom. The number of anilines is 1. The third-order valence-electron chi connectivity index (χ3n) is 6.14. The van der Waals surface area contributed by atoms with Crippen LogP contribution in [-0.4, -0.2) is 62.2 Å². The van der Waals surface area contributed by atoms with Crippen molar-refractivity contribution in [3.63, 3.8) is 0 Å². The third-order valence-corrected chi connectivity index (χ3v) is 6.47. The Hall–Kier alpha value is -4.12. The van der Waals surface area contributed by atoms with Gasteiger partial charge in [0.25, 0.3) is 11.8 Å². The van der Waals surface area contributed by atoms with E-state index in [0.29, 0.717) is 27.8 Å². The van der Waals surface area contributed by atoms with Crippen LogP contribution in [0.15, 0.2) is 66.7 Å². The van der Waals surface area contributed by atoms with Crippen LogP contribution < -0.4 is 20.1 Å². The summed E-state index contributed by atoms with van der Waals surface area (Å²) in [5.74, 6) is -1.41. The van der Waals surface area contributed by atoms with Crippen LogP contribution in [-0.2, 0) is 30.3 Å². The van der Waals surface area contributed by atoms with E-state index >= 15 is 0 Å². The molecule has 2 amide bonds. The second kappa shape index (κ2) is 12.6. The topological polar surface area (TPSA) is 132 Å². The van der Waals surface area contributed by atoms with E-state index in [4.69, 9.17) is 30.5 Å². The van der Waals surface area contributed by atoms with Crippen molar-refractivity contribution < 1.29 is 38.4 Å². The predicted molar refractivity (Wildman–Crippen MR) is 143 cm³/mol. The lowest BCUT2D eigenvalue weighted by atomic mass is 9.99. The molecule has 0 aliphatic carbocycles. The van der Waals surface area contributed by atoms with E-state index in [-0.39, 0.29) is 13.2 Å². The largest absolute Gasteiger partial charge is 0.496 e. The Kier molecular flexibility index (Phi) is 9.03. The van der Waals surface area contributed by atoms with Gasteiger partial charge in [0, 0.05) is 6.42 Å². The van der Waals surface area contributed by atoms with Crippen molar-refractivity contribution in [2.75, 3.05) is 26.3 Å². The molecule has 0 aromatic heterocycles. The van der Waals surface area contributed by atoms with Gasteiger partial charge in [0.05, 0.1) is 30.5 Å². The summed E-state index contributed by atoms with van der Waals surface area (Å²) in [6.45, 7) is -0.301. The summed E-state index contributed by atoms with van der Waals surface area (Å²) in [6.07, 6.45) is -2.63. The van der Waals surface area contributed by atoms with Gasteiger partial charge in [0.1, 0.15) is 24.3 Å². The van der Waals surface area contributed by atoms with Gasteiger partial charge in [0.2, 0.25) is 0 Å². The van der Waals surface area contributed by atoms with E-state index in [2.05, 4.69) is 10.6 Å². The minimum absolute atomic E-state index is 0.00548. The molecule has 0 unspecified atom stereocenters. The lowest BCUT2D eigenvalue weighted by Crippen LogP contribution is -2.51. The number of ether oxygens (including phenoxy) is 4. The van der Waals surface area contributed by atoms with Crippen molar-refractivity contribution >= 4 is 35.1 Å². The summed E-state index contributed by atoms with van der Waals surface area (Å²) in [5, 5.41) is 15.2. The zero-order valence-electron chi connectivity index (χ0n) is 21.2. The molecule has 0 saturated carbocycles. The number of nitrogens with one attached hydrogen (secondary N) is 2. The molecular weight excluding hydrogens is 528 g/mol. The first-order chi connectivity index (χ1) is 18.8. The first-order valence-corrected chi connectivity index (χ1v) is 12.3. The molecule has 0 bridgehead atoms. The summed E-state index contributed by atoms with van der Waals surface area (Å²) in [6, 6.07) is 17.9. The summed E-state index contributed by atoms with van der Waals surface area (Å²) < 4.78 is 21.5. The molecule has 10 nitrogen and oxygen atoms in total. The number of halogens is 1. The Balaban J connectivity index is 1.44. The summed E-state index contributed by atoms with van der Waals surface area (Å²) in [4.78, 5) is 37.7. The van der Waals surface area contributed by atoms with Gasteiger partial charge in [-0.15, -0.1) is 0 Å². The average molecular weight is 555 g/mol. The predicted octanol–water partition coefficient (Wildman–Crippen LogP) is 3.52. The van der Waals surface area contributed by atoms with Crippen LogP contribution in [0.1, 0.15) is 5.56 Å². The molecule has 1 fully saturated rings. The van der Waals surface area contributed by atoms with E-state index in [9.17, 15) is 19.5 Å². The second-order valence-corrected chi connectivity index (χ2v) is 9.01. The number of aliphatic carboxylic acids is 1. The summed E-state index contributed by atoms with van der Waals surface area (Å²) >= 11 is 6.09. The first kappa shape index (κ1) is 27.9. The number of hydrogen-bond acceptors (Lipinski definition) is 7. The molecule has 3 aromatic rings. The third kappa shape index (κ3) is 6.48. The van der Waals surface area contributed by atoms with Gasteiger partial charge in [-0.25, -0.2) is 4.79 Å². The Labute approximate surface area is 229 Å². The van der Waals surface area contributed by atoms with Gasteiger partial charge in [-0.05, 0) is 35.4 Å². The molecule has 204 valence electrons. The molecule has 11 heteroatoms. The molecule has 3 aromatic carbocycles. The fraction of sp³-hybridized carbons (Fsp3) is 0.250. The van der Waals surface area contributed by atoms with Crippen LogP contribution in [0, 0.1) is 0 Å². The lowest BCUT2D eigenvalue weighted by Gasteiger charge is -2.20. The standard InChI is InChI=1S/C28H27ClN2O8/c1-36-21-8-5-9-22(37-2)23(21)17-12-10-16(11-13-17)14-20(28(34)35)31-27(33)25-24(38-15-39-25)26(32)30-19-7-4-3-6-18(19)29/h3-13,20,24-25H,14-15H2,1-2H3,(H,30,32)(H,31,33)(H,34,35)/t20-,24+,25+/m0/s1. The molecule has 1 aliphatic rings. The molecule has 3 N–H and O–H groups in total. The van der Waals surface area contributed by atoms with Gasteiger partial charge >= 0.3 is 5.97 Å². The van der Waals surface area contributed by atoms with Crippen molar-refractivity contribution in [2.45, 2.75) is 24.7 Å². The quantitative estimate of drug-likeness (QED) is 0.347. The number of hydrogen-bond donors (Lipinski definition) is 3. The fourth-order valence-electron chi connectivity index (χ4n) is 4.19. The molecule has 0 radical (unpaired) electrons. The van der Waals surface area contributed by atoms with Crippen molar-refractivity contribution in [1.82, 2.24) is 5.32 Å². The minimum Gasteiger partial charge on any atom is -0.496 e. The minimum atomic E-state index is -1.34. The first-order valence-electron chi connectivity index (χ1n) is 11.9. The number of methoxy groups -OCH3 is 2. The van der Waals surface area contributed by atoms with Gasteiger partial charge in [-0.2, -0.15) is 0 Å². The van der Waals surface area contributed by atoms with Crippen molar-refractivity contribution in [3.05, 3.63) is 77.3 Å². The number of rotatable bonds is 10. The van der Waals surface area contributed by atoms with Gasteiger partial charge in [-0.1, -0.05) is 54.1 Å². The van der Waals surface area contributed by atoms with E-state index in [0.717, 1.165) is 11.1 Å². The molecule has 1 heterocycles. The number of amides is 2. The zero-order valence-corrected chi connectivity index (χ0v) is 21.9. The Bertz CT molecular complexity index is 1330. The highest BCUT2D eigenvalue weighted by molar-refractivity contribution is 6.33. The Morgan fingerprint density at radius 3 is 2.13 bits per heavy atom. The molecule has 4 rings (SSSR count). The van der Waals surface area contributed by atoms with E-state index in [1.165, 1.54) is 0 Å². The van der Waals surface area contributed by atoms with E-state index in [1.54, 1.807) is 50.6 Å². The molecule has 1 saturated heterocycles. The van der Waals surface area contributed by atoms with Gasteiger partial charge < -0.3 is 34.7 Å². The van der Waals surface area contributed by atoms with Crippen molar-refractivity contribution in [2.24, 2.45) is 0 Å². The average Bonchev–Trinajstić information content (AvgIpc) is 3.44. The second-order valence-electron chi connectivity index (χ2n) is 8.60. The van der Waals surface area contributed by atoms with Crippen molar-refractivity contribution in [1.29, 1.82) is 0 Å². The fourth-order valence-corrected chi connectivity index (χ4v) is 4.37. The molecule has 3 atom stereocenters. The van der Waals surface area contributed by atoms with E-state index < -0.39 is 36.0 Å². The summed E-state index contributed by atoms with van der Waals surface area (Å²) in [5.41, 5.74) is 2.58. The highest BCUT2D eigenvalue weighted by atomic mass is 35.5. The SMILES string of the molecule is COc1cccc(OC)c1-c1ccc(C[C@H](NC(=O)[C@@H]2OCO[C@H]2C(=O)Nc2ccccc2Cl)C(=O)O)cc1. The van der Waals surface area contributed by atoms with Crippen LogP contribution in [0.5, 0.6) is 11.5 Å². The Morgan fingerprint density at radius 2 is 1.54 bits per heavy atom.